The fourth-order valence-corrected chi connectivity index (χ4v) is 1.20. The average molecular weight is 198 g/mol. The number of hydrogen-bond acceptors (Lipinski definition) is 1. The van der Waals surface area contributed by atoms with Crippen molar-refractivity contribution in [3.63, 3.8) is 0 Å². The Morgan fingerprint density at radius 2 is 1.86 bits per heavy atom. The van der Waals surface area contributed by atoms with Crippen molar-refractivity contribution in [1.29, 1.82) is 0 Å². The van der Waals surface area contributed by atoms with Crippen molar-refractivity contribution in [3.05, 3.63) is 29.3 Å². The maximum Gasteiger partial charge on any atom is 0.132 e. The van der Waals surface area contributed by atoms with Crippen LogP contribution in [-0.2, 0) is 0 Å². The van der Waals surface area contributed by atoms with Gasteiger partial charge in [-0.15, -0.1) is 0 Å². The summed E-state index contributed by atoms with van der Waals surface area (Å²) in [6.07, 6.45) is 2.33. The van der Waals surface area contributed by atoms with Crippen LogP contribution in [0.25, 0.3) is 0 Å². The molecule has 1 aromatic rings. The molecule has 0 aliphatic heterocycles. The standard InChI is InChI=1S/C11H12F2O/c1-7-10(12)4-9(5-11(7)13)14-6-8-2-3-8/h4-5,8H,2-3,6H2,1H3. The fraction of sp³-hybridized carbons (Fsp3) is 0.455. The molecule has 0 N–H and O–H groups in total. The number of hydrogen-bond donors (Lipinski definition) is 0. The quantitative estimate of drug-likeness (QED) is 0.725. The summed E-state index contributed by atoms with van der Waals surface area (Å²) in [5, 5.41) is 0. The summed E-state index contributed by atoms with van der Waals surface area (Å²) in [5.41, 5.74) is 0.0452. The van der Waals surface area contributed by atoms with Gasteiger partial charge in [0.15, 0.2) is 0 Å². The third kappa shape index (κ3) is 2.03. The smallest absolute Gasteiger partial charge is 0.132 e. The Hall–Kier alpha value is -1.12. The predicted octanol–water partition coefficient (Wildman–Crippen LogP) is 3.06. The van der Waals surface area contributed by atoms with E-state index in [0.29, 0.717) is 12.5 Å². The topological polar surface area (TPSA) is 9.23 Å². The zero-order valence-electron chi connectivity index (χ0n) is 8.02. The molecule has 0 radical (unpaired) electrons. The Balaban J connectivity index is 2.08. The van der Waals surface area contributed by atoms with Crippen molar-refractivity contribution >= 4 is 0 Å². The fourth-order valence-electron chi connectivity index (χ4n) is 1.20. The molecule has 14 heavy (non-hydrogen) atoms. The van der Waals surface area contributed by atoms with E-state index >= 15 is 0 Å². The molecule has 0 amide bonds. The summed E-state index contributed by atoms with van der Waals surface area (Å²) in [6, 6.07) is 2.47. The summed E-state index contributed by atoms with van der Waals surface area (Å²) in [7, 11) is 0. The number of benzene rings is 1. The van der Waals surface area contributed by atoms with Gasteiger partial charge >= 0.3 is 0 Å². The van der Waals surface area contributed by atoms with Gasteiger partial charge in [0.1, 0.15) is 17.4 Å². The first-order valence-corrected chi connectivity index (χ1v) is 4.75. The van der Waals surface area contributed by atoms with Crippen molar-refractivity contribution in [2.45, 2.75) is 19.8 Å². The minimum atomic E-state index is -0.546. The second-order valence-corrected chi connectivity index (χ2v) is 3.77. The predicted molar refractivity (Wildman–Crippen MR) is 49.3 cm³/mol. The molecular weight excluding hydrogens is 186 g/mol. The highest BCUT2D eigenvalue weighted by Crippen LogP contribution is 2.30. The molecule has 0 spiro atoms. The van der Waals surface area contributed by atoms with Gasteiger partial charge in [-0.3, -0.25) is 0 Å². The zero-order valence-corrected chi connectivity index (χ0v) is 8.02. The lowest BCUT2D eigenvalue weighted by atomic mass is 10.2. The molecule has 76 valence electrons. The summed E-state index contributed by atoms with van der Waals surface area (Å²) in [4.78, 5) is 0. The molecular formula is C11H12F2O. The molecule has 1 saturated carbocycles. The van der Waals surface area contributed by atoms with E-state index in [1.54, 1.807) is 0 Å². The second kappa shape index (κ2) is 3.56. The molecule has 0 heterocycles. The molecule has 1 nitrogen and oxygen atoms in total. The summed E-state index contributed by atoms with van der Waals surface area (Å²) in [5.74, 6) is -0.216. The highest BCUT2D eigenvalue weighted by atomic mass is 19.1. The van der Waals surface area contributed by atoms with Crippen LogP contribution in [0.3, 0.4) is 0 Å². The molecule has 0 aromatic heterocycles. The lowest BCUT2D eigenvalue weighted by Gasteiger charge is -2.06. The Labute approximate surface area is 81.7 Å². The average Bonchev–Trinajstić information content (AvgIpc) is 2.94. The number of rotatable bonds is 3. The van der Waals surface area contributed by atoms with Crippen LogP contribution in [0.1, 0.15) is 18.4 Å². The van der Waals surface area contributed by atoms with Gasteiger partial charge in [-0.1, -0.05) is 0 Å². The van der Waals surface area contributed by atoms with Crippen LogP contribution in [0.2, 0.25) is 0 Å². The van der Waals surface area contributed by atoms with Crippen molar-refractivity contribution < 1.29 is 13.5 Å². The summed E-state index contributed by atoms with van der Waals surface area (Å²) < 4.78 is 31.4. The molecule has 0 atom stereocenters. The van der Waals surface area contributed by atoms with E-state index in [4.69, 9.17) is 4.74 Å². The third-order valence-corrected chi connectivity index (χ3v) is 2.44. The van der Waals surface area contributed by atoms with Crippen molar-refractivity contribution in [2.24, 2.45) is 5.92 Å². The normalized spacial score (nSPS) is 15.6. The molecule has 3 heteroatoms. The first-order chi connectivity index (χ1) is 6.66. The van der Waals surface area contributed by atoms with Gasteiger partial charge in [0.05, 0.1) is 6.61 Å². The SMILES string of the molecule is Cc1c(F)cc(OCC2CC2)cc1F. The molecule has 1 fully saturated rings. The van der Waals surface area contributed by atoms with E-state index in [1.165, 1.54) is 19.1 Å². The second-order valence-electron chi connectivity index (χ2n) is 3.77. The Kier molecular flexibility index (Phi) is 2.40. The summed E-state index contributed by atoms with van der Waals surface area (Å²) in [6.45, 7) is 1.98. The van der Waals surface area contributed by atoms with Crippen LogP contribution in [-0.4, -0.2) is 6.61 Å². The van der Waals surface area contributed by atoms with Crippen LogP contribution in [0, 0.1) is 24.5 Å². The molecule has 2 rings (SSSR count). The van der Waals surface area contributed by atoms with Crippen LogP contribution in [0.4, 0.5) is 8.78 Å². The zero-order chi connectivity index (χ0) is 10.1. The van der Waals surface area contributed by atoms with Crippen molar-refractivity contribution in [3.8, 4) is 5.75 Å². The maximum atomic E-state index is 13.1. The molecule has 0 bridgehead atoms. The third-order valence-electron chi connectivity index (χ3n) is 2.44. The lowest BCUT2D eigenvalue weighted by Crippen LogP contribution is -2.00. The van der Waals surface area contributed by atoms with E-state index in [2.05, 4.69) is 0 Å². The first kappa shape index (κ1) is 9.44. The van der Waals surface area contributed by atoms with E-state index in [-0.39, 0.29) is 11.3 Å². The van der Waals surface area contributed by atoms with E-state index in [9.17, 15) is 8.78 Å². The minimum absolute atomic E-state index is 0.0452. The molecule has 1 aliphatic carbocycles. The Morgan fingerprint density at radius 1 is 1.29 bits per heavy atom. The van der Waals surface area contributed by atoms with Gasteiger partial charge < -0.3 is 4.74 Å². The van der Waals surface area contributed by atoms with E-state index in [0.717, 1.165) is 12.8 Å². The number of halogens is 2. The molecule has 1 aromatic carbocycles. The summed E-state index contributed by atoms with van der Waals surface area (Å²) >= 11 is 0. The van der Waals surface area contributed by atoms with Crippen molar-refractivity contribution in [1.82, 2.24) is 0 Å². The molecule has 1 aliphatic rings. The van der Waals surface area contributed by atoms with Gasteiger partial charge in [-0.25, -0.2) is 8.78 Å². The van der Waals surface area contributed by atoms with Gasteiger partial charge in [-0.2, -0.15) is 0 Å². The van der Waals surface area contributed by atoms with Crippen molar-refractivity contribution in [2.75, 3.05) is 6.61 Å². The highest BCUT2D eigenvalue weighted by Gasteiger charge is 2.22. The van der Waals surface area contributed by atoms with Crippen LogP contribution in [0.15, 0.2) is 12.1 Å². The largest absolute Gasteiger partial charge is 0.493 e. The van der Waals surface area contributed by atoms with Gasteiger partial charge in [0.2, 0.25) is 0 Å². The lowest BCUT2D eigenvalue weighted by molar-refractivity contribution is 0.296. The first-order valence-electron chi connectivity index (χ1n) is 4.75. The maximum absolute atomic E-state index is 13.1. The van der Waals surface area contributed by atoms with E-state index < -0.39 is 11.6 Å². The van der Waals surface area contributed by atoms with Crippen LogP contribution >= 0.6 is 0 Å². The van der Waals surface area contributed by atoms with Crippen LogP contribution in [0.5, 0.6) is 5.75 Å². The van der Waals surface area contributed by atoms with E-state index in [1.807, 2.05) is 0 Å². The van der Waals surface area contributed by atoms with Crippen LogP contribution < -0.4 is 4.74 Å². The monoisotopic (exact) mass is 198 g/mol. The molecule has 0 saturated heterocycles. The minimum Gasteiger partial charge on any atom is -0.493 e. The van der Waals surface area contributed by atoms with Gasteiger partial charge in [0, 0.05) is 17.7 Å². The van der Waals surface area contributed by atoms with Gasteiger partial charge in [0.25, 0.3) is 0 Å². The Bertz CT molecular complexity index is 322. The molecule has 0 unspecified atom stereocenters. The number of ether oxygens (including phenoxy) is 1. The Morgan fingerprint density at radius 3 is 2.36 bits per heavy atom. The van der Waals surface area contributed by atoms with Gasteiger partial charge in [-0.05, 0) is 25.7 Å². The highest BCUT2D eigenvalue weighted by molar-refractivity contribution is 5.29.